The van der Waals surface area contributed by atoms with Crippen LogP contribution < -0.4 is 10.6 Å². The summed E-state index contributed by atoms with van der Waals surface area (Å²) in [6.45, 7) is 5.73. The van der Waals surface area contributed by atoms with Crippen molar-refractivity contribution >= 4 is 33.6 Å². The van der Waals surface area contributed by atoms with Gasteiger partial charge in [0, 0.05) is 23.9 Å². The van der Waals surface area contributed by atoms with Crippen LogP contribution in [0.25, 0.3) is 21.8 Å². The molecule has 194 valence electrons. The van der Waals surface area contributed by atoms with Gasteiger partial charge in [0.05, 0.1) is 11.0 Å². The van der Waals surface area contributed by atoms with E-state index in [1.165, 1.54) is 51.4 Å². The van der Waals surface area contributed by atoms with Gasteiger partial charge < -0.3 is 10.6 Å². The van der Waals surface area contributed by atoms with Gasteiger partial charge in [-0.2, -0.15) is 0 Å². The Bertz CT molecular complexity index is 1040. The fraction of sp³-hybridized carbons (Fsp3) is 0.533. The van der Waals surface area contributed by atoms with Gasteiger partial charge in [0.2, 0.25) is 0 Å². The molecule has 3 aromatic rings. The third-order valence-corrected chi connectivity index (χ3v) is 6.62. The first kappa shape index (κ1) is 27.6. The molecule has 0 aliphatic carbocycles. The van der Waals surface area contributed by atoms with E-state index in [4.69, 9.17) is 0 Å². The third kappa shape index (κ3) is 8.28. The van der Waals surface area contributed by atoms with Gasteiger partial charge >= 0.3 is 0 Å². The summed E-state index contributed by atoms with van der Waals surface area (Å²) < 4.78 is 0. The Morgan fingerprint density at radius 1 is 0.556 bits per heavy atom. The molecule has 0 aliphatic rings. The van der Waals surface area contributed by atoms with E-state index in [1.807, 2.05) is 24.3 Å². The maximum absolute atomic E-state index is 12.7. The van der Waals surface area contributed by atoms with Gasteiger partial charge in [0.1, 0.15) is 11.4 Å². The first-order chi connectivity index (χ1) is 17.6. The van der Waals surface area contributed by atoms with Crippen LogP contribution in [0, 0.1) is 0 Å². The molecule has 36 heavy (non-hydrogen) atoms. The summed E-state index contributed by atoms with van der Waals surface area (Å²) in [5.41, 5.74) is 2.04. The van der Waals surface area contributed by atoms with Crippen LogP contribution >= 0.6 is 0 Å². The number of nitrogens with zero attached hydrogens (tertiary/aromatic N) is 2. The summed E-state index contributed by atoms with van der Waals surface area (Å²) in [5, 5.41) is 7.77. The van der Waals surface area contributed by atoms with Gasteiger partial charge in [0.25, 0.3) is 11.8 Å². The van der Waals surface area contributed by atoms with E-state index in [9.17, 15) is 9.59 Å². The molecule has 0 radical (unpaired) electrons. The molecule has 0 fully saturated rings. The van der Waals surface area contributed by atoms with Gasteiger partial charge in [0.15, 0.2) is 0 Å². The molecule has 2 aromatic heterocycles. The summed E-state index contributed by atoms with van der Waals surface area (Å²) >= 11 is 0. The number of pyridine rings is 2. The Morgan fingerprint density at radius 2 is 0.917 bits per heavy atom. The lowest BCUT2D eigenvalue weighted by atomic mass is 10.1. The third-order valence-electron chi connectivity index (χ3n) is 6.62. The summed E-state index contributed by atoms with van der Waals surface area (Å²) in [4.78, 5) is 34.7. The van der Waals surface area contributed by atoms with Gasteiger partial charge in [-0.15, -0.1) is 0 Å². The molecule has 6 nitrogen and oxygen atoms in total. The van der Waals surface area contributed by atoms with Crippen molar-refractivity contribution in [3.8, 4) is 0 Å². The van der Waals surface area contributed by atoms with Crippen LogP contribution in [0.3, 0.4) is 0 Å². The van der Waals surface area contributed by atoms with Crippen molar-refractivity contribution < 1.29 is 9.59 Å². The van der Waals surface area contributed by atoms with Crippen LogP contribution in [0.4, 0.5) is 0 Å². The maximum atomic E-state index is 12.7. The van der Waals surface area contributed by atoms with E-state index >= 15 is 0 Å². The highest BCUT2D eigenvalue weighted by Gasteiger charge is 2.13. The van der Waals surface area contributed by atoms with Crippen LogP contribution in [-0.4, -0.2) is 34.9 Å². The quantitative estimate of drug-likeness (QED) is 0.168. The van der Waals surface area contributed by atoms with E-state index in [1.54, 1.807) is 12.1 Å². The molecule has 0 saturated heterocycles. The zero-order chi connectivity index (χ0) is 25.6. The number of fused-ring (bicyclic) bond motifs is 3. The topological polar surface area (TPSA) is 84.0 Å². The minimum Gasteiger partial charge on any atom is -0.351 e. The van der Waals surface area contributed by atoms with E-state index in [-0.39, 0.29) is 11.8 Å². The number of hydrogen-bond acceptors (Lipinski definition) is 4. The fourth-order valence-electron chi connectivity index (χ4n) is 4.42. The smallest absolute Gasteiger partial charge is 0.269 e. The van der Waals surface area contributed by atoms with Gasteiger partial charge in [-0.3, -0.25) is 9.59 Å². The summed E-state index contributed by atoms with van der Waals surface area (Å²) in [5.74, 6) is -0.342. The van der Waals surface area contributed by atoms with Crippen LogP contribution in [0.5, 0.6) is 0 Å². The lowest BCUT2D eigenvalue weighted by molar-refractivity contribution is 0.0940. The number of nitrogens with one attached hydrogen (secondary N) is 2. The lowest BCUT2D eigenvalue weighted by Crippen LogP contribution is -2.25. The first-order valence-corrected chi connectivity index (χ1v) is 13.9. The van der Waals surface area contributed by atoms with Crippen molar-refractivity contribution in [2.24, 2.45) is 0 Å². The van der Waals surface area contributed by atoms with Crippen LogP contribution in [0.15, 0.2) is 36.4 Å². The number of unbranched alkanes of at least 4 members (excludes halogenated alkanes) is 10. The molecule has 2 heterocycles. The number of aromatic nitrogens is 2. The highest BCUT2D eigenvalue weighted by molar-refractivity contribution is 6.06. The minimum atomic E-state index is -0.171. The standard InChI is InChI=1S/C30H42N4O2/c1-3-5-7-9-11-13-21-31-29(35)25-19-17-23-15-16-24-18-20-26(34-28(24)27(23)33-25)30(36)32-22-14-12-10-8-6-4-2/h15-20H,3-14,21-22H2,1-2H3,(H,31,35)(H,32,36). The van der Waals surface area contributed by atoms with Crippen LogP contribution in [0.2, 0.25) is 0 Å². The van der Waals surface area contributed by atoms with Crippen molar-refractivity contribution in [2.75, 3.05) is 13.1 Å². The minimum absolute atomic E-state index is 0.171. The van der Waals surface area contributed by atoms with Crippen molar-refractivity contribution in [3.63, 3.8) is 0 Å². The first-order valence-electron chi connectivity index (χ1n) is 13.9. The normalized spacial score (nSPS) is 11.2. The second-order valence-electron chi connectivity index (χ2n) is 9.65. The molecule has 1 aromatic carbocycles. The number of benzene rings is 1. The average molecular weight is 491 g/mol. The van der Waals surface area contributed by atoms with Crippen molar-refractivity contribution in [1.82, 2.24) is 20.6 Å². The Balaban J connectivity index is 1.63. The van der Waals surface area contributed by atoms with Crippen LogP contribution in [-0.2, 0) is 0 Å². The van der Waals surface area contributed by atoms with Crippen molar-refractivity contribution in [3.05, 3.63) is 47.8 Å². The predicted molar refractivity (Wildman–Crippen MR) is 148 cm³/mol. The molecule has 0 saturated carbocycles. The fourth-order valence-corrected chi connectivity index (χ4v) is 4.42. The zero-order valence-electron chi connectivity index (χ0n) is 22.1. The summed E-state index contributed by atoms with van der Waals surface area (Å²) in [7, 11) is 0. The Hall–Kier alpha value is -3.02. The van der Waals surface area contributed by atoms with Crippen molar-refractivity contribution in [1.29, 1.82) is 0 Å². The molecule has 0 atom stereocenters. The largest absolute Gasteiger partial charge is 0.351 e. The Morgan fingerprint density at radius 3 is 1.33 bits per heavy atom. The second-order valence-corrected chi connectivity index (χ2v) is 9.65. The molecule has 0 bridgehead atoms. The van der Waals surface area contributed by atoms with E-state index in [0.29, 0.717) is 35.5 Å². The number of amides is 2. The highest BCUT2D eigenvalue weighted by atomic mass is 16.2. The zero-order valence-corrected chi connectivity index (χ0v) is 22.1. The molecule has 0 spiro atoms. The number of carbonyl (C=O) groups excluding carboxylic acids is 2. The number of hydrogen-bond donors (Lipinski definition) is 2. The predicted octanol–water partition coefficient (Wildman–Crippen LogP) is 6.96. The van der Waals surface area contributed by atoms with Gasteiger partial charge in [-0.25, -0.2) is 9.97 Å². The SMILES string of the molecule is CCCCCCCCNC(=O)c1ccc2ccc3ccc(C(=O)NCCCCCCCC)nc3c2n1. The molecular weight excluding hydrogens is 448 g/mol. The average Bonchev–Trinajstić information content (AvgIpc) is 2.91. The van der Waals surface area contributed by atoms with E-state index < -0.39 is 0 Å². The van der Waals surface area contributed by atoms with Gasteiger partial charge in [-0.05, 0) is 25.0 Å². The van der Waals surface area contributed by atoms with Crippen molar-refractivity contribution in [2.45, 2.75) is 90.9 Å². The molecule has 0 aliphatic heterocycles. The monoisotopic (exact) mass is 490 g/mol. The number of carbonyl (C=O) groups is 2. The summed E-state index contributed by atoms with van der Waals surface area (Å²) in [6.07, 6.45) is 14.2. The molecule has 3 rings (SSSR count). The second kappa shape index (κ2) is 15.2. The van der Waals surface area contributed by atoms with Crippen LogP contribution in [0.1, 0.15) is 112 Å². The molecule has 6 heteroatoms. The van der Waals surface area contributed by atoms with E-state index in [2.05, 4.69) is 34.4 Å². The Kier molecular flexibility index (Phi) is 11.6. The molecule has 2 N–H and O–H groups in total. The highest BCUT2D eigenvalue weighted by Crippen LogP contribution is 2.23. The summed E-state index contributed by atoms with van der Waals surface area (Å²) in [6, 6.07) is 11.2. The molecular formula is C30H42N4O2. The number of rotatable bonds is 16. The Labute approximate surface area is 215 Å². The lowest BCUT2D eigenvalue weighted by Gasteiger charge is -2.09. The van der Waals surface area contributed by atoms with E-state index in [0.717, 1.165) is 36.5 Å². The maximum Gasteiger partial charge on any atom is 0.269 e. The van der Waals surface area contributed by atoms with Gasteiger partial charge in [-0.1, -0.05) is 102 Å². The molecule has 2 amide bonds. The molecule has 0 unspecified atom stereocenters.